The standard InChI is InChI=1S/C18H31F3N4O2S/c1-2-22-16(24-13-17(8-3-9-17)15-4-5-15)23-12-14-6-10-25(11-7-14)28(26,27)18(19,20)21/h14-15H,2-13H2,1H3,(H2,22,23,24). The number of halogens is 3. The van der Waals surface area contributed by atoms with Gasteiger partial charge in [-0.1, -0.05) is 6.42 Å². The Balaban J connectivity index is 1.48. The van der Waals surface area contributed by atoms with E-state index in [4.69, 9.17) is 4.99 Å². The Labute approximate surface area is 165 Å². The predicted molar refractivity (Wildman–Crippen MR) is 102 cm³/mol. The lowest BCUT2D eigenvalue weighted by Crippen LogP contribution is -2.47. The van der Waals surface area contributed by atoms with Crippen LogP contribution >= 0.6 is 0 Å². The molecule has 0 radical (unpaired) electrons. The molecule has 3 fully saturated rings. The minimum atomic E-state index is -5.22. The summed E-state index contributed by atoms with van der Waals surface area (Å²) in [6.45, 7) is 3.97. The van der Waals surface area contributed by atoms with Gasteiger partial charge in [0.2, 0.25) is 0 Å². The smallest absolute Gasteiger partial charge is 0.357 e. The zero-order valence-electron chi connectivity index (χ0n) is 16.4. The second kappa shape index (κ2) is 8.38. The highest BCUT2D eigenvalue weighted by Gasteiger charge is 2.50. The fourth-order valence-electron chi connectivity index (χ4n) is 4.34. The van der Waals surface area contributed by atoms with Crippen LogP contribution in [0.5, 0.6) is 0 Å². The fraction of sp³-hybridized carbons (Fsp3) is 0.944. The molecule has 2 aliphatic carbocycles. The average molecular weight is 425 g/mol. The van der Waals surface area contributed by atoms with Gasteiger partial charge in [0.25, 0.3) is 0 Å². The summed E-state index contributed by atoms with van der Waals surface area (Å²) < 4.78 is 61.5. The normalized spacial score (nSPS) is 24.6. The summed E-state index contributed by atoms with van der Waals surface area (Å²) in [5.74, 6) is 1.71. The quantitative estimate of drug-likeness (QED) is 0.487. The van der Waals surface area contributed by atoms with Crippen molar-refractivity contribution in [3.63, 3.8) is 0 Å². The minimum absolute atomic E-state index is 0.0906. The van der Waals surface area contributed by atoms with Crippen LogP contribution in [0.4, 0.5) is 13.2 Å². The van der Waals surface area contributed by atoms with Crippen molar-refractivity contribution in [2.75, 3.05) is 32.7 Å². The highest BCUT2D eigenvalue weighted by Crippen LogP contribution is 2.57. The van der Waals surface area contributed by atoms with E-state index in [1.54, 1.807) is 0 Å². The lowest BCUT2D eigenvalue weighted by atomic mass is 9.65. The van der Waals surface area contributed by atoms with Gasteiger partial charge in [0.05, 0.1) is 0 Å². The Kier molecular flexibility index (Phi) is 6.48. The number of alkyl halides is 3. The molecule has 0 spiro atoms. The molecule has 0 unspecified atom stereocenters. The summed E-state index contributed by atoms with van der Waals surface area (Å²) in [6, 6.07) is 0. The summed E-state index contributed by atoms with van der Waals surface area (Å²) in [7, 11) is -5.21. The summed E-state index contributed by atoms with van der Waals surface area (Å²) >= 11 is 0. The van der Waals surface area contributed by atoms with Gasteiger partial charge in [0, 0.05) is 32.7 Å². The number of nitrogens with one attached hydrogen (secondary N) is 2. The molecule has 0 amide bonds. The van der Waals surface area contributed by atoms with Crippen molar-refractivity contribution < 1.29 is 21.6 Å². The molecule has 0 aromatic heterocycles. The van der Waals surface area contributed by atoms with E-state index in [-0.39, 0.29) is 19.0 Å². The number of rotatable bonds is 7. The summed E-state index contributed by atoms with van der Waals surface area (Å²) in [6.07, 6.45) is 7.26. The van der Waals surface area contributed by atoms with Gasteiger partial charge in [-0.05, 0) is 62.7 Å². The molecule has 10 heteroatoms. The second-order valence-corrected chi connectivity index (χ2v) is 10.3. The van der Waals surface area contributed by atoms with Gasteiger partial charge in [0.1, 0.15) is 0 Å². The molecular weight excluding hydrogens is 393 g/mol. The maximum Gasteiger partial charge on any atom is 0.511 e. The number of piperidine rings is 1. The Morgan fingerprint density at radius 2 is 1.79 bits per heavy atom. The molecule has 28 heavy (non-hydrogen) atoms. The van der Waals surface area contributed by atoms with Crippen molar-refractivity contribution in [2.24, 2.45) is 22.2 Å². The minimum Gasteiger partial charge on any atom is -0.357 e. The van der Waals surface area contributed by atoms with E-state index >= 15 is 0 Å². The van der Waals surface area contributed by atoms with Crippen molar-refractivity contribution >= 4 is 16.0 Å². The SMILES string of the molecule is CCNC(=NCC1(C2CC2)CCC1)NCC1CCN(S(=O)(=O)C(F)(F)F)CC1. The first-order chi connectivity index (χ1) is 13.2. The monoisotopic (exact) mass is 424 g/mol. The molecule has 0 bridgehead atoms. The molecule has 2 N–H and O–H groups in total. The van der Waals surface area contributed by atoms with Gasteiger partial charge in [-0.2, -0.15) is 17.5 Å². The summed E-state index contributed by atoms with van der Waals surface area (Å²) in [5, 5.41) is 6.54. The van der Waals surface area contributed by atoms with Gasteiger partial charge in [-0.15, -0.1) is 0 Å². The van der Waals surface area contributed by atoms with E-state index in [9.17, 15) is 21.6 Å². The Hall–Kier alpha value is -1.03. The highest BCUT2D eigenvalue weighted by atomic mass is 32.2. The molecule has 1 heterocycles. The Bertz CT molecular complexity index is 665. The number of sulfonamides is 1. The van der Waals surface area contributed by atoms with E-state index < -0.39 is 15.5 Å². The topological polar surface area (TPSA) is 73.8 Å². The van der Waals surface area contributed by atoms with Gasteiger partial charge in [-0.3, -0.25) is 4.99 Å². The van der Waals surface area contributed by atoms with E-state index in [0.717, 1.165) is 25.0 Å². The molecule has 0 aromatic rings. The summed E-state index contributed by atoms with van der Waals surface area (Å²) in [4.78, 5) is 4.78. The molecule has 162 valence electrons. The van der Waals surface area contributed by atoms with Crippen LogP contribution in [-0.2, 0) is 10.0 Å². The van der Waals surface area contributed by atoms with Crippen LogP contribution < -0.4 is 10.6 Å². The average Bonchev–Trinajstić information content (AvgIpc) is 3.43. The maximum atomic E-state index is 12.7. The van der Waals surface area contributed by atoms with E-state index in [0.29, 0.717) is 29.1 Å². The first kappa shape index (κ1) is 21.7. The Morgan fingerprint density at radius 1 is 1.14 bits per heavy atom. The van der Waals surface area contributed by atoms with E-state index in [1.807, 2.05) is 6.92 Å². The molecule has 6 nitrogen and oxygen atoms in total. The third-order valence-corrected chi connectivity index (χ3v) is 8.08. The van der Waals surface area contributed by atoms with Crippen molar-refractivity contribution in [3.8, 4) is 0 Å². The predicted octanol–water partition coefficient (Wildman–Crippen LogP) is 2.68. The van der Waals surface area contributed by atoms with Crippen LogP contribution in [0.2, 0.25) is 0 Å². The molecule has 1 saturated heterocycles. The van der Waals surface area contributed by atoms with Crippen molar-refractivity contribution in [1.82, 2.24) is 14.9 Å². The largest absolute Gasteiger partial charge is 0.511 e. The van der Waals surface area contributed by atoms with Crippen LogP contribution in [0.25, 0.3) is 0 Å². The maximum absolute atomic E-state index is 12.7. The zero-order valence-corrected chi connectivity index (χ0v) is 17.2. The van der Waals surface area contributed by atoms with E-state index in [2.05, 4.69) is 10.6 Å². The van der Waals surface area contributed by atoms with Crippen LogP contribution in [0, 0.1) is 17.3 Å². The van der Waals surface area contributed by atoms with Crippen molar-refractivity contribution in [1.29, 1.82) is 0 Å². The number of hydrogen-bond donors (Lipinski definition) is 2. The lowest BCUT2D eigenvalue weighted by Gasteiger charge is -2.41. The fourth-order valence-corrected chi connectivity index (χ4v) is 5.33. The molecule has 1 aliphatic heterocycles. The van der Waals surface area contributed by atoms with Crippen LogP contribution in [0.3, 0.4) is 0 Å². The third kappa shape index (κ3) is 4.75. The first-order valence-corrected chi connectivity index (χ1v) is 11.7. The number of nitrogens with zero attached hydrogens (tertiary/aromatic N) is 2. The number of guanidine groups is 1. The van der Waals surface area contributed by atoms with Crippen LogP contribution in [0.1, 0.15) is 51.9 Å². The van der Waals surface area contributed by atoms with Crippen molar-refractivity contribution in [3.05, 3.63) is 0 Å². The molecule has 0 aromatic carbocycles. The summed E-state index contributed by atoms with van der Waals surface area (Å²) in [5.41, 5.74) is -4.83. The van der Waals surface area contributed by atoms with Crippen LogP contribution in [0.15, 0.2) is 4.99 Å². The zero-order chi connectivity index (χ0) is 20.4. The third-order valence-electron chi connectivity index (χ3n) is 6.45. The second-order valence-electron chi connectivity index (χ2n) is 8.36. The molecule has 3 rings (SSSR count). The molecule has 3 aliphatic rings. The lowest BCUT2D eigenvalue weighted by molar-refractivity contribution is -0.0496. The molecule has 2 saturated carbocycles. The number of hydrogen-bond acceptors (Lipinski definition) is 3. The van der Waals surface area contributed by atoms with Gasteiger partial charge in [0.15, 0.2) is 5.96 Å². The van der Waals surface area contributed by atoms with E-state index in [1.165, 1.54) is 32.1 Å². The van der Waals surface area contributed by atoms with Gasteiger partial charge >= 0.3 is 15.5 Å². The molecular formula is C18H31F3N4O2S. The van der Waals surface area contributed by atoms with Crippen LogP contribution in [-0.4, -0.2) is 56.9 Å². The molecule has 0 atom stereocenters. The number of aliphatic imine (C=N–C) groups is 1. The van der Waals surface area contributed by atoms with Gasteiger partial charge < -0.3 is 10.6 Å². The Morgan fingerprint density at radius 3 is 2.25 bits per heavy atom. The highest BCUT2D eigenvalue weighted by molar-refractivity contribution is 7.90. The first-order valence-electron chi connectivity index (χ1n) is 10.3. The van der Waals surface area contributed by atoms with Crippen molar-refractivity contribution in [2.45, 2.75) is 57.4 Å². The van der Waals surface area contributed by atoms with Gasteiger partial charge in [-0.25, -0.2) is 8.42 Å².